The summed E-state index contributed by atoms with van der Waals surface area (Å²) in [5.74, 6) is -4.87. The van der Waals surface area contributed by atoms with Crippen molar-refractivity contribution in [1.29, 1.82) is 0 Å². The van der Waals surface area contributed by atoms with Crippen molar-refractivity contribution in [2.45, 2.75) is 12.8 Å². The molecule has 3 rings (SSSR count). The van der Waals surface area contributed by atoms with Gasteiger partial charge in [-0.3, -0.25) is 24.1 Å². The van der Waals surface area contributed by atoms with Crippen LogP contribution in [0, 0.1) is 5.92 Å². The smallest absolute Gasteiger partial charge is 0.298 e. The van der Waals surface area contributed by atoms with Crippen LogP contribution in [0.4, 0.5) is 0 Å². The third kappa shape index (κ3) is 4.28. The molecule has 0 aromatic heterocycles. The van der Waals surface area contributed by atoms with Gasteiger partial charge in [-0.15, -0.1) is 0 Å². The predicted molar refractivity (Wildman–Crippen MR) is 98.5 cm³/mol. The van der Waals surface area contributed by atoms with Crippen molar-refractivity contribution in [1.82, 2.24) is 10.2 Å². The van der Waals surface area contributed by atoms with E-state index in [0.717, 1.165) is 16.0 Å². The Morgan fingerprint density at radius 1 is 0.852 bits per heavy atom. The van der Waals surface area contributed by atoms with Gasteiger partial charge in [0.05, 0.1) is 0 Å². The molecule has 0 spiro atoms. The zero-order valence-electron chi connectivity index (χ0n) is 14.8. The Labute approximate surface area is 157 Å². The maximum absolute atomic E-state index is 12.4. The van der Waals surface area contributed by atoms with Crippen LogP contribution in [0.5, 0.6) is 0 Å². The van der Waals surface area contributed by atoms with E-state index in [2.05, 4.69) is 5.32 Å². The molecule has 27 heavy (non-hydrogen) atoms. The molecule has 3 amide bonds. The van der Waals surface area contributed by atoms with Crippen molar-refractivity contribution >= 4 is 23.5 Å². The second-order valence-electron chi connectivity index (χ2n) is 6.35. The number of carbonyl (C=O) groups excluding carboxylic acids is 4. The summed E-state index contributed by atoms with van der Waals surface area (Å²) >= 11 is 0. The molecule has 1 heterocycles. The van der Waals surface area contributed by atoms with E-state index in [1.807, 2.05) is 60.7 Å². The average Bonchev–Trinajstić information content (AvgIpc) is 2.90. The van der Waals surface area contributed by atoms with Crippen LogP contribution in [0.2, 0.25) is 0 Å². The van der Waals surface area contributed by atoms with E-state index < -0.39 is 29.4 Å². The lowest BCUT2D eigenvalue weighted by molar-refractivity contribution is -0.143. The highest BCUT2D eigenvalue weighted by molar-refractivity contribution is 6.52. The Hall–Kier alpha value is -3.28. The second kappa shape index (κ2) is 8.40. The van der Waals surface area contributed by atoms with E-state index in [1.165, 1.54) is 0 Å². The zero-order chi connectivity index (χ0) is 19.2. The molecule has 2 aromatic carbocycles. The number of amides is 3. The number of hydrogen-bond acceptors (Lipinski definition) is 4. The van der Waals surface area contributed by atoms with Gasteiger partial charge in [0.2, 0.25) is 17.6 Å². The van der Waals surface area contributed by atoms with E-state index in [0.29, 0.717) is 12.8 Å². The molecule has 1 N–H and O–H groups in total. The number of hydrogen-bond donors (Lipinski definition) is 1. The van der Waals surface area contributed by atoms with Gasteiger partial charge in [0.25, 0.3) is 5.91 Å². The largest absolute Gasteiger partial charge is 0.355 e. The molecule has 138 valence electrons. The SMILES string of the molecule is O=C(NCCc1ccccc1)[C@@H]1C(=O)C(=O)N(CCc2ccccc2)C1=O. The minimum atomic E-state index is -1.57. The van der Waals surface area contributed by atoms with Crippen molar-refractivity contribution in [3.8, 4) is 0 Å². The molecule has 1 atom stereocenters. The Balaban J connectivity index is 1.57. The van der Waals surface area contributed by atoms with Gasteiger partial charge in [0.1, 0.15) is 0 Å². The summed E-state index contributed by atoms with van der Waals surface area (Å²) in [4.78, 5) is 49.9. The van der Waals surface area contributed by atoms with E-state index in [9.17, 15) is 19.2 Å². The third-order valence-corrected chi connectivity index (χ3v) is 4.52. The number of likely N-dealkylation sites (tertiary alicyclic amines) is 1. The summed E-state index contributed by atoms with van der Waals surface area (Å²) in [6.45, 7) is 0.374. The molecule has 6 nitrogen and oxygen atoms in total. The van der Waals surface area contributed by atoms with Crippen LogP contribution in [-0.4, -0.2) is 41.5 Å². The molecule has 1 aliphatic heterocycles. The maximum Gasteiger partial charge on any atom is 0.298 e. The molecule has 0 saturated carbocycles. The number of carbonyl (C=O) groups is 4. The first-order chi connectivity index (χ1) is 13.1. The topological polar surface area (TPSA) is 83.6 Å². The van der Waals surface area contributed by atoms with Crippen molar-refractivity contribution in [2.75, 3.05) is 13.1 Å². The fraction of sp³-hybridized carbons (Fsp3) is 0.238. The molecule has 0 aliphatic carbocycles. The standard InChI is InChI=1S/C21H20N2O4/c24-18-17(19(25)22-13-11-15-7-3-1-4-8-15)20(26)23(21(18)27)14-12-16-9-5-2-6-10-16/h1-10,17H,11-14H2,(H,22,25)/t17-/m0/s1. The Bertz CT molecular complexity index is 849. The van der Waals surface area contributed by atoms with Gasteiger partial charge in [0.15, 0.2) is 5.92 Å². The van der Waals surface area contributed by atoms with Crippen molar-refractivity contribution in [3.63, 3.8) is 0 Å². The molecular weight excluding hydrogens is 344 g/mol. The Kier molecular flexibility index (Phi) is 5.76. The van der Waals surface area contributed by atoms with Crippen molar-refractivity contribution in [2.24, 2.45) is 5.92 Å². The minimum Gasteiger partial charge on any atom is -0.355 e. The van der Waals surface area contributed by atoms with Crippen LogP contribution in [0.3, 0.4) is 0 Å². The second-order valence-corrected chi connectivity index (χ2v) is 6.35. The van der Waals surface area contributed by atoms with Crippen LogP contribution < -0.4 is 5.32 Å². The number of benzene rings is 2. The highest BCUT2D eigenvalue weighted by Crippen LogP contribution is 2.17. The van der Waals surface area contributed by atoms with Gasteiger partial charge >= 0.3 is 0 Å². The first kappa shape index (κ1) is 18.5. The lowest BCUT2D eigenvalue weighted by Gasteiger charge is -2.13. The Morgan fingerprint density at radius 3 is 2.00 bits per heavy atom. The van der Waals surface area contributed by atoms with Gasteiger partial charge < -0.3 is 5.32 Å². The molecule has 2 aromatic rings. The quantitative estimate of drug-likeness (QED) is 0.454. The first-order valence-corrected chi connectivity index (χ1v) is 8.83. The highest BCUT2D eigenvalue weighted by Gasteiger charge is 2.50. The number of Topliss-reactive ketones (excluding diaryl/α,β-unsaturated/α-hetero) is 1. The molecule has 0 bridgehead atoms. The fourth-order valence-electron chi connectivity index (χ4n) is 3.03. The monoisotopic (exact) mass is 364 g/mol. The maximum atomic E-state index is 12.4. The summed E-state index contributed by atoms with van der Waals surface area (Å²) in [7, 11) is 0. The molecule has 1 fully saturated rings. The van der Waals surface area contributed by atoms with Crippen LogP contribution in [0.1, 0.15) is 11.1 Å². The van der Waals surface area contributed by atoms with Crippen LogP contribution >= 0.6 is 0 Å². The number of rotatable bonds is 7. The molecule has 1 aliphatic rings. The van der Waals surface area contributed by atoms with Gasteiger partial charge in [-0.1, -0.05) is 60.7 Å². The third-order valence-electron chi connectivity index (χ3n) is 4.52. The first-order valence-electron chi connectivity index (χ1n) is 8.83. The van der Waals surface area contributed by atoms with Crippen LogP contribution in [0.15, 0.2) is 60.7 Å². The van der Waals surface area contributed by atoms with Gasteiger partial charge in [-0.05, 0) is 24.0 Å². The molecule has 0 radical (unpaired) electrons. The summed E-state index contributed by atoms with van der Waals surface area (Å²) in [6, 6.07) is 18.9. The van der Waals surface area contributed by atoms with Gasteiger partial charge in [-0.2, -0.15) is 0 Å². The number of ketones is 1. The summed E-state index contributed by atoms with van der Waals surface area (Å²) in [5, 5.41) is 2.59. The molecule has 0 unspecified atom stereocenters. The zero-order valence-corrected chi connectivity index (χ0v) is 14.8. The summed E-state index contributed by atoms with van der Waals surface area (Å²) in [6.07, 6.45) is 1.02. The highest BCUT2D eigenvalue weighted by atomic mass is 16.2. The average molecular weight is 364 g/mol. The minimum absolute atomic E-state index is 0.0845. The number of nitrogens with zero attached hydrogens (tertiary/aromatic N) is 1. The molecule has 1 saturated heterocycles. The van der Waals surface area contributed by atoms with Crippen molar-refractivity contribution < 1.29 is 19.2 Å². The number of nitrogens with one attached hydrogen (secondary N) is 1. The summed E-state index contributed by atoms with van der Waals surface area (Å²) < 4.78 is 0. The fourth-order valence-corrected chi connectivity index (χ4v) is 3.03. The summed E-state index contributed by atoms with van der Waals surface area (Å²) in [5.41, 5.74) is 1.98. The lowest BCUT2D eigenvalue weighted by Crippen LogP contribution is -2.39. The molecular formula is C21H20N2O4. The van der Waals surface area contributed by atoms with E-state index in [-0.39, 0.29) is 13.1 Å². The Morgan fingerprint density at radius 2 is 1.41 bits per heavy atom. The van der Waals surface area contributed by atoms with E-state index >= 15 is 0 Å². The van der Waals surface area contributed by atoms with Gasteiger partial charge in [-0.25, -0.2) is 0 Å². The van der Waals surface area contributed by atoms with Crippen molar-refractivity contribution in [3.05, 3.63) is 71.8 Å². The van der Waals surface area contributed by atoms with Crippen LogP contribution in [-0.2, 0) is 32.0 Å². The normalized spacial score (nSPS) is 16.7. The number of imide groups is 1. The molecule has 6 heteroatoms. The van der Waals surface area contributed by atoms with E-state index in [4.69, 9.17) is 0 Å². The lowest BCUT2D eigenvalue weighted by atomic mass is 10.1. The van der Waals surface area contributed by atoms with Crippen LogP contribution in [0.25, 0.3) is 0 Å². The predicted octanol–water partition coefficient (Wildman–Crippen LogP) is 1.14. The van der Waals surface area contributed by atoms with E-state index in [1.54, 1.807) is 0 Å². The van der Waals surface area contributed by atoms with Gasteiger partial charge in [0, 0.05) is 13.1 Å².